The molecule has 0 aliphatic carbocycles. The van der Waals surface area contributed by atoms with E-state index in [2.05, 4.69) is 4.98 Å². The van der Waals surface area contributed by atoms with E-state index in [0.29, 0.717) is 0 Å². The molecule has 0 saturated carbocycles. The third-order valence-electron chi connectivity index (χ3n) is 2.48. The summed E-state index contributed by atoms with van der Waals surface area (Å²) in [5, 5.41) is 8.95. The molecule has 80 valence electrons. The highest BCUT2D eigenvalue weighted by molar-refractivity contribution is 6.21. The Morgan fingerprint density at radius 3 is 2.62 bits per heavy atom. The van der Waals surface area contributed by atoms with E-state index < -0.39 is 17.4 Å². The molecular weight excluding hydrogens is 206 g/mol. The van der Waals surface area contributed by atoms with E-state index in [-0.39, 0.29) is 11.3 Å². The topological polar surface area (TPSA) is 74.1 Å². The van der Waals surface area contributed by atoms with Gasteiger partial charge in [-0.25, -0.2) is 0 Å². The van der Waals surface area contributed by atoms with Gasteiger partial charge in [-0.2, -0.15) is 5.26 Å². The zero-order chi connectivity index (χ0) is 11.9. The predicted octanol–water partition coefficient (Wildman–Crippen LogP) is 0.980. The molecule has 2 heterocycles. The number of rotatable bonds is 1. The molecule has 5 nitrogen and oxygen atoms in total. The van der Waals surface area contributed by atoms with Gasteiger partial charge in [0.05, 0.1) is 11.6 Å². The fraction of sp³-hybridized carbons (Fsp3) is 0.273. The summed E-state index contributed by atoms with van der Waals surface area (Å²) in [5.74, 6) is -0.966. The van der Waals surface area contributed by atoms with Gasteiger partial charge in [-0.3, -0.25) is 19.5 Å². The quantitative estimate of drug-likeness (QED) is 0.654. The standard InChI is InChI=1S/C11H9N3O2/c1-11(2,6-12)14-9(15)7-4-3-5-13-8(7)10(14)16/h3-5H,1-2H3. The Kier molecular flexibility index (Phi) is 2.02. The van der Waals surface area contributed by atoms with Gasteiger partial charge in [0.25, 0.3) is 11.8 Å². The average Bonchev–Trinajstić information content (AvgIpc) is 2.53. The van der Waals surface area contributed by atoms with Crippen molar-refractivity contribution in [3.63, 3.8) is 0 Å². The largest absolute Gasteiger partial charge is 0.281 e. The molecule has 0 N–H and O–H groups in total. The first-order chi connectivity index (χ1) is 7.49. The van der Waals surface area contributed by atoms with E-state index in [0.717, 1.165) is 4.90 Å². The van der Waals surface area contributed by atoms with Gasteiger partial charge in [0, 0.05) is 6.20 Å². The molecule has 5 heteroatoms. The molecule has 0 saturated heterocycles. The molecule has 1 aliphatic heterocycles. The van der Waals surface area contributed by atoms with E-state index in [1.54, 1.807) is 6.07 Å². The summed E-state index contributed by atoms with van der Waals surface area (Å²) in [6, 6.07) is 5.06. The molecule has 0 aromatic carbocycles. The average molecular weight is 215 g/mol. The summed E-state index contributed by atoms with van der Waals surface area (Å²) < 4.78 is 0. The second-order valence-corrected chi connectivity index (χ2v) is 4.02. The highest BCUT2D eigenvalue weighted by atomic mass is 16.2. The number of carbonyl (C=O) groups is 2. The van der Waals surface area contributed by atoms with Crippen LogP contribution in [0.1, 0.15) is 34.7 Å². The number of fused-ring (bicyclic) bond motifs is 1. The van der Waals surface area contributed by atoms with Gasteiger partial charge in [0.15, 0.2) is 0 Å². The van der Waals surface area contributed by atoms with Crippen molar-refractivity contribution >= 4 is 11.8 Å². The minimum Gasteiger partial charge on any atom is -0.268 e. The van der Waals surface area contributed by atoms with Crippen molar-refractivity contribution in [2.75, 3.05) is 0 Å². The van der Waals surface area contributed by atoms with Crippen LogP contribution in [0.3, 0.4) is 0 Å². The van der Waals surface area contributed by atoms with Gasteiger partial charge in [0.1, 0.15) is 11.2 Å². The van der Waals surface area contributed by atoms with Crippen LogP contribution in [-0.2, 0) is 0 Å². The second kappa shape index (κ2) is 3.14. The minimum absolute atomic E-state index is 0.121. The van der Waals surface area contributed by atoms with Crippen LogP contribution >= 0.6 is 0 Å². The third kappa shape index (κ3) is 1.20. The fourth-order valence-electron chi connectivity index (χ4n) is 1.62. The molecule has 16 heavy (non-hydrogen) atoms. The van der Waals surface area contributed by atoms with Gasteiger partial charge in [-0.05, 0) is 26.0 Å². The summed E-state index contributed by atoms with van der Waals surface area (Å²) in [6.07, 6.45) is 1.45. The maximum atomic E-state index is 11.9. The van der Waals surface area contributed by atoms with E-state index in [9.17, 15) is 9.59 Å². The molecule has 0 unspecified atom stereocenters. The van der Waals surface area contributed by atoms with Gasteiger partial charge >= 0.3 is 0 Å². The fourth-order valence-corrected chi connectivity index (χ4v) is 1.62. The number of nitriles is 1. The Hall–Kier alpha value is -2.22. The Morgan fingerprint density at radius 1 is 1.38 bits per heavy atom. The van der Waals surface area contributed by atoms with Crippen LogP contribution in [0, 0.1) is 11.3 Å². The van der Waals surface area contributed by atoms with Crippen molar-refractivity contribution in [2.45, 2.75) is 19.4 Å². The predicted molar refractivity (Wildman–Crippen MR) is 54.4 cm³/mol. The molecule has 0 fully saturated rings. The number of carbonyl (C=O) groups excluding carboxylic acids is 2. The first-order valence-electron chi connectivity index (χ1n) is 4.74. The molecule has 0 spiro atoms. The zero-order valence-corrected chi connectivity index (χ0v) is 8.89. The van der Waals surface area contributed by atoms with E-state index in [4.69, 9.17) is 5.26 Å². The molecule has 1 aliphatic rings. The summed E-state index contributed by atoms with van der Waals surface area (Å²) in [5.41, 5.74) is -0.777. The third-order valence-corrected chi connectivity index (χ3v) is 2.48. The number of hydrogen-bond acceptors (Lipinski definition) is 4. The van der Waals surface area contributed by atoms with Crippen molar-refractivity contribution < 1.29 is 9.59 Å². The van der Waals surface area contributed by atoms with Crippen molar-refractivity contribution in [1.29, 1.82) is 5.26 Å². The monoisotopic (exact) mass is 215 g/mol. The van der Waals surface area contributed by atoms with Crippen LogP contribution in [0.5, 0.6) is 0 Å². The lowest BCUT2D eigenvalue weighted by atomic mass is 10.1. The lowest BCUT2D eigenvalue weighted by Gasteiger charge is -2.26. The summed E-state index contributed by atoms with van der Waals surface area (Å²) >= 11 is 0. The maximum Gasteiger partial charge on any atom is 0.281 e. The van der Waals surface area contributed by atoms with Crippen LogP contribution < -0.4 is 0 Å². The number of hydrogen-bond donors (Lipinski definition) is 0. The van der Waals surface area contributed by atoms with Crippen LogP contribution in [0.2, 0.25) is 0 Å². The summed E-state index contributed by atoms with van der Waals surface area (Å²) in [6.45, 7) is 3.04. The zero-order valence-electron chi connectivity index (χ0n) is 8.89. The van der Waals surface area contributed by atoms with Crippen molar-refractivity contribution in [1.82, 2.24) is 9.88 Å². The second-order valence-electron chi connectivity index (χ2n) is 4.02. The first-order valence-corrected chi connectivity index (χ1v) is 4.74. The highest BCUT2D eigenvalue weighted by Gasteiger charge is 2.45. The lowest BCUT2D eigenvalue weighted by molar-refractivity contribution is 0.0547. The smallest absolute Gasteiger partial charge is 0.268 e. The van der Waals surface area contributed by atoms with Crippen LogP contribution in [0.15, 0.2) is 18.3 Å². The maximum absolute atomic E-state index is 11.9. The van der Waals surface area contributed by atoms with Gasteiger partial charge in [-0.1, -0.05) is 0 Å². The minimum atomic E-state index is -1.16. The van der Waals surface area contributed by atoms with Crippen LogP contribution in [0.25, 0.3) is 0 Å². The Labute approximate surface area is 92.3 Å². The lowest BCUT2D eigenvalue weighted by Crippen LogP contribution is -2.46. The van der Waals surface area contributed by atoms with E-state index >= 15 is 0 Å². The number of nitrogens with zero attached hydrogens (tertiary/aromatic N) is 3. The van der Waals surface area contributed by atoms with Gasteiger partial charge < -0.3 is 0 Å². The summed E-state index contributed by atoms with van der Waals surface area (Å²) in [7, 11) is 0. The SMILES string of the molecule is CC(C)(C#N)N1C(=O)c2cccnc2C1=O. The van der Waals surface area contributed by atoms with Gasteiger partial charge in [0.2, 0.25) is 0 Å². The molecule has 0 bridgehead atoms. The molecule has 1 aromatic rings. The number of amides is 2. The molecule has 1 aromatic heterocycles. The van der Waals surface area contributed by atoms with E-state index in [1.807, 2.05) is 6.07 Å². The molecule has 2 rings (SSSR count). The number of aromatic nitrogens is 1. The molecular formula is C11H9N3O2. The van der Waals surface area contributed by atoms with Crippen LogP contribution in [-0.4, -0.2) is 27.2 Å². The van der Waals surface area contributed by atoms with Crippen molar-refractivity contribution in [2.24, 2.45) is 0 Å². The van der Waals surface area contributed by atoms with Crippen molar-refractivity contribution in [3.8, 4) is 6.07 Å². The Balaban J connectivity index is 2.56. The molecule has 2 amide bonds. The molecule has 0 radical (unpaired) electrons. The Bertz CT molecular complexity index is 493. The van der Waals surface area contributed by atoms with Crippen LogP contribution in [0.4, 0.5) is 0 Å². The van der Waals surface area contributed by atoms with E-state index in [1.165, 1.54) is 26.1 Å². The van der Waals surface area contributed by atoms with Crippen molar-refractivity contribution in [3.05, 3.63) is 29.6 Å². The first kappa shape index (κ1) is 10.3. The molecule has 0 atom stereocenters. The normalized spacial score (nSPS) is 14.9. The summed E-state index contributed by atoms with van der Waals surface area (Å²) in [4.78, 5) is 28.6. The van der Waals surface area contributed by atoms with Gasteiger partial charge in [-0.15, -0.1) is 0 Å². The Morgan fingerprint density at radius 2 is 2.06 bits per heavy atom. The number of imide groups is 1. The number of pyridine rings is 1. The highest BCUT2D eigenvalue weighted by Crippen LogP contribution is 2.27.